The Balaban J connectivity index is 1.40. The third-order valence-corrected chi connectivity index (χ3v) is 10.4. The van der Waals surface area contributed by atoms with E-state index in [-0.39, 0.29) is 40.5 Å². The summed E-state index contributed by atoms with van der Waals surface area (Å²) in [4.78, 5) is 29.7. The van der Waals surface area contributed by atoms with Gasteiger partial charge in [0.05, 0.1) is 16.9 Å². The molecule has 4 aliphatic rings. The smallest absolute Gasteiger partial charge is 0.175 e. The second-order valence-corrected chi connectivity index (χ2v) is 11.9. The second-order valence-electron chi connectivity index (χ2n) is 10.9. The van der Waals surface area contributed by atoms with Crippen molar-refractivity contribution in [3.8, 4) is 0 Å². The van der Waals surface area contributed by atoms with Crippen LogP contribution < -0.4 is 0 Å². The Kier molecular flexibility index (Phi) is 5.42. The average Bonchev–Trinajstić information content (AvgIpc) is 3.04. The van der Waals surface area contributed by atoms with Gasteiger partial charge in [-0.2, -0.15) is 0 Å². The van der Waals surface area contributed by atoms with E-state index >= 15 is 0 Å². The molecule has 0 spiro atoms. The van der Waals surface area contributed by atoms with Crippen molar-refractivity contribution in [3.05, 3.63) is 36.0 Å². The van der Waals surface area contributed by atoms with E-state index < -0.39 is 17.1 Å². The average molecular weight is 456 g/mol. The van der Waals surface area contributed by atoms with Gasteiger partial charge in [-0.15, -0.1) is 0 Å². The van der Waals surface area contributed by atoms with Gasteiger partial charge in [-0.1, -0.05) is 37.2 Å². The Morgan fingerprint density at radius 3 is 2.78 bits per heavy atom. The van der Waals surface area contributed by atoms with Crippen LogP contribution in [-0.4, -0.2) is 44.2 Å². The molecule has 3 saturated carbocycles. The van der Waals surface area contributed by atoms with Gasteiger partial charge in [0, 0.05) is 18.0 Å². The van der Waals surface area contributed by atoms with Crippen molar-refractivity contribution in [2.24, 2.45) is 28.6 Å². The van der Waals surface area contributed by atoms with Crippen molar-refractivity contribution >= 4 is 23.3 Å². The summed E-state index contributed by atoms with van der Waals surface area (Å²) in [5.41, 5.74) is -0.992. The number of fused-ring (bicyclic) bond motifs is 5. The number of hydrogen-bond acceptors (Lipinski definition) is 6. The Labute approximate surface area is 194 Å². The van der Waals surface area contributed by atoms with Crippen LogP contribution in [0.3, 0.4) is 0 Å². The molecule has 1 aromatic heterocycles. The lowest BCUT2D eigenvalue weighted by Crippen LogP contribution is -2.61. The fraction of sp³-hybridized carbons (Fsp3) is 0.654. The number of rotatable bonds is 4. The van der Waals surface area contributed by atoms with E-state index in [4.69, 9.17) is 0 Å². The fourth-order valence-electron chi connectivity index (χ4n) is 7.84. The number of aliphatic hydroxyl groups is 2. The SMILES string of the molecule is C[C@]12CCC(=O)C=C1CC[C@@H]1[C@@H]2[C@@H](O)C[C@@]2(C)[C@H]1CC[C@]2(O)C(=O)CSc1ccccn1. The molecule has 0 unspecified atom stereocenters. The van der Waals surface area contributed by atoms with Gasteiger partial charge in [-0.3, -0.25) is 9.59 Å². The lowest BCUT2D eigenvalue weighted by atomic mass is 9.45. The van der Waals surface area contributed by atoms with Gasteiger partial charge in [0.15, 0.2) is 11.6 Å². The molecule has 0 radical (unpaired) electrons. The first-order valence-corrected chi connectivity index (χ1v) is 12.9. The molecular weight excluding hydrogens is 422 g/mol. The summed E-state index contributed by atoms with van der Waals surface area (Å²) < 4.78 is 0. The molecule has 0 amide bonds. The van der Waals surface area contributed by atoms with E-state index in [1.807, 2.05) is 31.2 Å². The zero-order valence-electron chi connectivity index (χ0n) is 18.9. The minimum absolute atomic E-state index is 0.0917. The van der Waals surface area contributed by atoms with Gasteiger partial charge in [0.25, 0.3) is 0 Å². The largest absolute Gasteiger partial charge is 0.393 e. The molecule has 0 bridgehead atoms. The van der Waals surface area contributed by atoms with Crippen molar-refractivity contribution in [2.45, 2.75) is 75.5 Å². The highest BCUT2D eigenvalue weighted by Crippen LogP contribution is 2.67. The van der Waals surface area contributed by atoms with Gasteiger partial charge in [-0.25, -0.2) is 4.98 Å². The van der Waals surface area contributed by atoms with Crippen LogP contribution >= 0.6 is 11.8 Å². The molecule has 1 aromatic rings. The first-order chi connectivity index (χ1) is 15.2. The molecule has 4 aliphatic carbocycles. The van der Waals surface area contributed by atoms with Crippen LogP contribution in [-0.2, 0) is 9.59 Å². The molecule has 1 heterocycles. The molecule has 6 heteroatoms. The Morgan fingerprint density at radius 1 is 1.22 bits per heavy atom. The van der Waals surface area contributed by atoms with Crippen LogP contribution in [0.4, 0.5) is 0 Å². The number of aliphatic hydroxyl groups excluding tert-OH is 1. The molecule has 0 saturated heterocycles. The molecular formula is C26H33NO4S. The zero-order valence-corrected chi connectivity index (χ0v) is 19.7. The number of allylic oxidation sites excluding steroid dienone is 1. The standard InChI is InChI=1S/C26H33NO4S/c1-24-10-8-17(28)13-16(24)6-7-18-19-9-11-26(31,25(19,2)14-20(29)23(18)24)21(30)15-32-22-5-3-4-12-27-22/h3-5,12-13,18-20,23,29,31H,6-11,14-15H2,1-2H3/t18-,19-,20-,23+,24-,25-,26-/m0/s1. The van der Waals surface area contributed by atoms with Crippen molar-refractivity contribution in [1.29, 1.82) is 0 Å². The molecule has 7 atom stereocenters. The molecule has 32 heavy (non-hydrogen) atoms. The summed E-state index contributed by atoms with van der Waals surface area (Å²) in [5, 5.41) is 24.0. The highest BCUT2D eigenvalue weighted by atomic mass is 32.2. The third-order valence-electron chi connectivity index (χ3n) is 9.50. The predicted octanol–water partition coefficient (Wildman–Crippen LogP) is 3.98. The Bertz CT molecular complexity index is 964. The van der Waals surface area contributed by atoms with Crippen molar-refractivity contribution < 1.29 is 19.8 Å². The molecule has 5 rings (SSSR count). The summed E-state index contributed by atoms with van der Waals surface area (Å²) in [5.74, 6) is 0.818. The number of ketones is 2. The maximum atomic E-state index is 13.4. The monoisotopic (exact) mass is 455 g/mol. The van der Waals surface area contributed by atoms with Crippen molar-refractivity contribution in [1.82, 2.24) is 4.98 Å². The maximum Gasteiger partial charge on any atom is 0.175 e. The molecule has 5 nitrogen and oxygen atoms in total. The molecule has 0 aromatic carbocycles. The normalized spacial score (nSPS) is 43.1. The number of pyridine rings is 1. The lowest BCUT2D eigenvalue weighted by Gasteiger charge is -2.60. The van der Waals surface area contributed by atoms with Crippen LogP contribution in [0.5, 0.6) is 0 Å². The van der Waals surface area contributed by atoms with Crippen LogP contribution in [0.2, 0.25) is 0 Å². The summed E-state index contributed by atoms with van der Waals surface area (Å²) in [7, 11) is 0. The van der Waals surface area contributed by atoms with Crippen LogP contribution in [0.15, 0.2) is 41.1 Å². The van der Waals surface area contributed by atoms with E-state index in [1.54, 1.807) is 6.20 Å². The number of Topliss-reactive ketones (excluding diaryl/α,β-unsaturated/α-hetero) is 1. The fourth-order valence-corrected chi connectivity index (χ4v) is 8.67. The minimum Gasteiger partial charge on any atom is -0.393 e. The number of aromatic nitrogens is 1. The van der Waals surface area contributed by atoms with E-state index in [0.717, 1.165) is 30.7 Å². The van der Waals surface area contributed by atoms with E-state index in [1.165, 1.54) is 17.3 Å². The quantitative estimate of drug-likeness (QED) is 0.668. The lowest BCUT2D eigenvalue weighted by molar-refractivity contribution is -0.178. The highest BCUT2D eigenvalue weighted by molar-refractivity contribution is 7.99. The molecule has 3 fully saturated rings. The first kappa shape index (κ1) is 22.3. The summed E-state index contributed by atoms with van der Waals surface area (Å²) in [6, 6.07) is 5.61. The van der Waals surface area contributed by atoms with Gasteiger partial charge in [0.2, 0.25) is 0 Å². The molecule has 172 valence electrons. The Hall–Kier alpha value is -1.50. The number of hydrogen-bond donors (Lipinski definition) is 2. The summed E-state index contributed by atoms with van der Waals surface area (Å²) >= 11 is 1.37. The highest BCUT2D eigenvalue weighted by Gasteiger charge is 2.68. The molecule has 0 aliphatic heterocycles. The van der Waals surface area contributed by atoms with E-state index in [9.17, 15) is 19.8 Å². The van der Waals surface area contributed by atoms with Crippen LogP contribution in [0.1, 0.15) is 58.8 Å². The van der Waals surface area contributed by atoms with E-state index in [2.05, 4.69) is 11.9 Å². The second kappa shape index (κ2) is 7.78. The minimum atomic E-state index is -1.41. The van der Waals surface area contributed by atoms with Gasteiger partial charge in [-0.05, 0) is 79.9 Å². The first-order valence-electron chi connectivity index (χ1n) is 11.9. The van der Waals surface area contributed by atoms with Crippen LogP contribution in [0, 0.1) is 28.6 Å². The van der Waals surface area contributed by atoms with E-state index in [0.29, 0.717) is 19.3 Å². The summed E-state index contributed by atoms with van der Waals surface area (Å²) in [6.07, 6.45) is 7.82. The third kappa shape index (κ3) is 3.17. The number of carbonyl (C=O) groups is 2. The summed E-state index contributed by atoms with van der Waals surface area (Å²) in [6.45, 7) is 4.26. The maximum absolute atomic E-state index is 13.4. The van der Waals surface area contributed by atoms with Gasteiger partial charge >= 0.3 is 0 Å². The van der Waals surface area contributed by atoms with Gasteiger partial charge in [0.1, 0.15) is 5.60 Å². The van der Waals surface area contributed by atoms with Crippen LogP contribution in [0.25, 0.3) is 0 Å². The molecule has 2 N–H and O–H groups in total. The topological polar surface area (TPSA) is 87.5 Å². The number of nitrogens with zero attached hydrogens (tertiary/aromatic N) is 1. The zero-order chi connectivity index (χ0) is 22.7. The predicted molar refractivity (Wildman–Crippen MR) is 123 cm³/mol. The van der Waals surface area contributed by atoms with Crippen molar-refractivity contribution in [2.75, 3.05) is 5.75 Å². The Morgan fingerprint density at radius 2 is 2.03 bits per heavy atom. The number of carbonyl (C=O) groups excluding carboxylic acids is 2. The van der Waals surface area contributed by atoms with Crippen molar-refractivity contribution in [3.63, 3.8) is 0 Å². The number of thioether (sulfide) groups is 1. The van der Waals surface area contributed by atoms with Gasteiger partial charge < -0.3 is 10.2 Å².